The van der Waals surface area contributed by atoms with Crippen LogP contribution in [0, 0.1) is 0 Å². The smallest absolute Gasteiger partial charge is 0.220 e. The predicted molar refractivity (Wildman–Crippen MR) is 57.9 cm³/mol. The summed E-state index contributed by atoms with van der Waals surface area (Å²) in [5.74, 6) is -0.322. The molecule has 0 saturated heterocycles. The lowest BCUT2D eigenvalue weighted by molar-refractivity contribution is -0.125. The zero-order valence-electron chi connectivity index (χ0n) is 9.61. The molecule has 0 aliphatic carbocycles. The SMILES string of the molecule is CCOCCCC(=O)NC(CO)(CO)CO. The van der Waals surface area contributed by atoms with Crippen molar-refractivity contribution in [1.82, 2.24) is 5.32 Å². The lowest BCUT2D eigenvalue weighted by Gasteiger charge is -2.28. The number of nitrogens with one attached hydrogen (secondary N) is 1. The molecule has 6 heteroatoms. The van der Waals surface area contributed by atoms with Crippen LogP contribution in [0.5, 0.6) is 0 Å². The lowest BCUT2D eigenvalue weighted by atomic mass is 10.0. The van der Waals surface area contributed by atoms with E-state index in [2.05, 4.69) is 5.32 Å². The van der Waals surface area contributed by atoms with Crippen LogP contribution in [0.25, 0.3) is 0 Å². The molecule has 16 heavy (non-hydrogen) atoms. The number of hydrogen-bond donors (Lipinski definition) is 4. The quantitative estimate of drug-likeness (QED) is 0.370. The molecule has 0 aromatic heterocycles. The third-order valence-electron chi connectivity index (χ3n) is 2.21. The first kappa shape index (κ1) is 15.3. The Bertz CT molecular complexity index is 185. The second-order valence-corrected chi connectivity index (χ2v) is 3.60. The highest BCUT2D eigenvalue weighted by Crippen LogP contribution is 2.03. The number of aliphatic hydroxyl groups excluding tert-OH is 3. The highest BCUT2D eigenvalue weighted by Gasteiger charge is 2.29. The maximum Gasteiger partial charge on any atom is 0.220 e. The molecule has 0 unspecified atom stereocenters. The Labute approximate surface area is 95.2 Å². The Morgan fingerprint density at radius 3 is 2.25 bits per heavy atom. The first-order valence-electron chi connectivity index (χ1n) is 5.35. The van der Waals surface area contributed by atoms with Crippen molar-refractivity contribution in [2.45, 2.75) is 25.3 Å². The molecule has 0 bridgehead atoms. The van der Waals surface area contributed by atoms with Gasteiger partial charge in [0, 0.05) is 19.6 Å². The Morgan fingerprint density at radius 2 is 1.81 bits per heavy atom. The van der Waals surface area contributed by atoms with Crippen LogP contribution in [0.1, 0.15) is 19.8 Å². The molecule has 0 spiro atoms. The van der Waals surface area contributed by atoms with Gasteiger partial charge < -0.3 is 25.4 Å². The molecular weight excluding hydrogens is 214 g/mol. The number of ether oxygens (including phenoxy) is 1. The molecule has 0 aromatic rings. The molecule has 1 amide bonds. The summed E-state index contributed by atoms with van der Waals surface area (Å²) in [6.07, 6.45) is 0.805. The highest BCUT2D eigenvalue weighted by atomic mass is 16.5. The largest absolute Gasteiger partial charge is 0.394 e. The van der Waals surface area contributed by atoms with Gasteiger partial charge in [-0.1, -0.05) is 0 Å². The minimum Gasteiger partial charge on any atom is -0.394 e. The fourth-order valence-corrected chi connectivity index (χ4v) is 1.11. The van der Waals surface area contributed by atoms with E-state index in [0.717, 1.165) is 0 Å². The lowest BCUT2D eigenvalue weighted by Crippen LogP contribution is -2.57. The Balaban J connectivity index is 3.91. The second kappa shape index (κ2) is 8.46. The van der Waals surface area contributed by atoms with Gasteiger partial charge in [-0.3, -0.25) is 4.79 Å². The van der Waals surface area contributed by atoms with E-state index in [0.29, 0.717) is 19.6 Å². The molecule has 0 aliphatic rings. The summed E-state index contributed by atoms with van der Waals surface area (Å²) in [6.45, 7) is 1.46. The predicted octanol–water partition coefficient (Wildman–Crippen LogP) is -1.36. The molecule has 0 aliphatic heterocycles. The van der Waals surface area contributed by atoms with E-state index in [1.54, 1.807) is 0 Å². The van der Waals surface area contributed by atoms with Gasteiger partial charge in [-0.25, -0.2) is 0 Å². The molecule has 0 aromatic carbocycles. The average molecular weight is 235 g/mol. The summed E-state index contributed by atoms with van der Waals surface area (Å²) in [5, 5.41) is 29.3. The normalized spacial score (nSPS) is 11.5. The van der Waals surface area contributed by atoms with Crippen LogP contribution in [-0.2, 0) is 9.53 Å². The third-order valence-corrected chi connectivity index (χ3v) is 2.21. The van der Waals surface area contributed by atoms with Crippen LogP contribution < -0.4 is 5.32 Å². The van der Waals surface area contributed by atoms with Crippen molar-refractivity contribution in [2.75, 3.05) is 33.0 Å². The van der Waals surface area contributed by atoms with Crippen LogP contribution in [-0.4, -0.2) is 59.8 Å². The Hall–Kier alpha value is -0.690. The molecule has 0 heterocycles. The van der Waals surface area contributed by atoms with Crippen molar-refractivity contribution in [3.63, 3.8) is 0 Å². The Morgan fingerprint density at radius 1 is 1.25 bits per heavy atom. The first-order valence-corrected chi connectivity index (χ1v) is 5.35. The van der Waals surface area contributed by atoms with E-state index < -0.39 is 25.4 Å². The summed E-state index contributed by atoms with van der Waals surface area (Å²) in [4.78, 5) is 11.4. The molecule has 0 rings (SSSR count). The number of hydrogen-bond acceptors (Lipinski definition) is 5. The number of rotatable bonds is 9. The van der Waals surface area contributed by atoms with Gasteiger partial charge in [0.1, 0.15) is 5.54 Å². The van der Waals surface area contributed by atoms with Crippen molar-refractivity contribution in [3.05, 3.63) is 0 Å². The van der Waals surface area contributed by atoms with E-state index in [1.165, 1.54) is 0 Å². The van der Waals surface area contributed by atoms with E-state index in [1.807, 2.05) is 6.92 Å². The third kappa shape index (κ3) is 5.41. The number of aliphatic hydroxyl groups is 3. The van der Waals surface area contributed by atoms with E-state index in [9.17, 15) is 4.79 Å². The molecule has 96 valence electrons. The van der Waals surface area contributed by atoms with Gasteiger partial charge in [-0.05, 0) is 13.3 Å². The summed E-state index contributed by atoms with van der Waals surface area (Å²) < 4.78 is 5.06. The van der Waals surface area contributed by atoms with Crippen LogP contribution in [0.2, 0.25) is 0 Å². The molecule has 0 fully saturated rings. The summed E-state index contributed by atoms with van der Waals surface area (Å²) >= 11 is 0. The van der Waals surface area contributed by atoms with Crippen molar-refractivity contribution in [2.24, 2.45) is 0 Å². The summed E-state index contributed by atoms with van der Waals surface area (Å²) in [5.41, 5.74) is -1.33. The average Bonchev–Trinajstić information content (AvgIpc) is 2.32. The van der Waals surface area contributed by atoms with E-state index in [-0.39, 0.29) is 12.3 Å². The zero-order valence-corrected chi connectivity index (χ0v) is 9.61. The van der Waals surface area contributed by atoms with Crippen molar-refractivity contribution in [3.8, 4) is 0 Å². The van der Waals surface area contributed by atoms with Gasteiger partial charge in [-0.15, -0.1) is 0 Å². The summed E-state index contributed by atoms with van der Waals surface area (Å²) in [6, 6.07) is 0. The number of carbonyl (C=O) groups excluding carboxylic acids is 1. The van der Waals surface area contributed by atoms with Gasteiger partial charge in [0.05, 0.1) is 19.8 Å². The van der Waals surface area contributed by atoms with Gasteiger partial charge in [0.15, 0.2) is 0 Å². The highest BCUT2D eigenvalue weighted by molar-refractivity contribution is 5.76. The van der Waals surface area contributed by atoms with Gasteiger partial charge in [0.2, 0.25) is 5.91 Å². The molecule has 0 saturated carbocycles. The molecule has 6 nitrogen and oxygen atoms in total. The zero-order chi connectivity index (χ0) is 12.4. The Kier molecular flexibility index (Phi) is 8.10. The fraction of sp³-hybridized carbons (Fsp3) is 0.900. The monoisotopic (exact) mass is 235 g/mol. The molecule has 0 atom stereocenters. The molecule has 0 radical (unpaired) electrons. The van der Waals surface area contributed by atoms with Crippen LogP contribution in [0.15, 0.2) is 0 Å². The molecular formula is C10H21NO5. The first-order chi connectivity index (χ1) is 7.64. The topological polar surface area (TPSA) is 99.0 Å². The number of carbonyl (C=O) groups is 1. The van der Waals surface area contributed by atoms with Crippen LogP contribution >= 0.6 is 0 Å². The fourth-order valence-electron chi connectivity index (χ4n) is 1.11. The van der Waals surface area contributed by atoms with Crippen molar-refractivity contribution >= 4 is 5.91 Å². The second-order valence-electron chi connectivity index (χ2n) is 3.60. The van der Waals surface area contributed by atoms with Gasteiger partial charge in [-0.2, -0.15) is 0 Å². The van der Waals surface area contributed by atoms with E-state index in [4.69, 9.17) is 20.1 Å². The van der Waals surface area contributed by atoms with Crippen LogP contribution in [0.4, 0.5) is 0 Å². The maximum atomic E-state index is 11.4. The minimum atomic E-state index is -1.33. The standard InChI is InChI=1S/C10H21NO5/c1-2-16-5-3-4-9(15)11-10(6-12,7-13)8-14/h12-14H,2-8H2,1H3,(H,11,15). The summed E-state index contributed by atoms with van der Waals surface area (Å²) in [7, 11) is 0. The van der Waals surface area contributed by atoms with Crippen molar-refractivity contribution < 1.29 is 24.9 Å². The van der Waals surface area contributed by atoms with Gasteiger partial charge in [0.25, 0.3) is 0 Å². The molecule has 4 N–H and O–H groups in total. The van der Waals surface area contributed by atoms with Gasteiger partial charge >= 0.3 is 0 Å². The minimum absolute atomic E-state index is 0.238. The maximum absolute atomic E-state index is 11.4. The number of amides is 1. The van der Waals surface area contributed by atoms with Crippen molar-refractivity contribution in [1.29, 1.82) is 0 Å². The van der Waals surface area contributed by atoms with Crippen LogP contribution in [0.3, 0.4) is 0 Å². The van der Waals surface area contributed by atoms with E-state index >= 15 is 0 Å².